The monoisotopic (exact) mass is 486 g/mol. The molecule has 2 heterocycles. The van der Waals surface area contributed by atoms with Crippen LogP contribution in [0.5, 0.6) is 17.2 Å². The number of fused-ring (bicyclic) bond motifs is 6. The van der Waals surface area contributed by atoms with Crippen LogP contribution in [0.15, 0.2) is 54.6 Å². The SMILES string of the molecule is CCN(CC)c1ccc2c(c1)Oc1cc(N(CC)CC)ccc1C21OC(=O)c2ccc(OC=O)cc21. The summed E-state index contributed by atoms with van der Waals surface area (Å²) in [5.41, 5.74) is 3.37. The average Bonchev–Trinajstić information content (AvgIpc) is 3.17. The molecule has 7 nitrogen and oxygen atoms in total. The first kappa shape index (κ1) is 23.7. The number of esters is 1. The number of ether oxygens (including phenoxy) is 3. The van der Waals surface area contributed by atoms with Crippen LogP contribution in [0.2, 0.25) is 0 Å². The van der Waals surface area contributed by atoms with E-state index < -0.39 is 11.6 Å². The molecule has 0 aliphatic carbocycles. The molecule has 3 aromatic carbocycles. The summed E-state index contributed by atoms with van der Waals surface area (Å²) >= 11 is 0. The zero-order chi connectivity index (χ0) is 25.4. The third-order valence-electron chi connectivity index (χ3n) is 7.19. The van der Waals surface area contributed by atoms with E-state index in [1.165, 1.54) is 0 Å². The van der Waals surface area contributed by atoms with Crippen LogP contribution in [-0.4, -0.2) is 38.6 Å². The van der Waals surface area contributed by atoms with Gasteiger partial charge in [0.1, 0.15) is 17.2 Å². The van der Waals surface area contributed by atoms with Crippen LogP contribution in [0.3, 0.4) is 0 Å². The van der Waals surface area contributed by atoms with Gasteiger partial charge in [0.2, 0.25) is 0 Å². The lowest BCUT2D eigenvalue weighted by molar-refractivity contribution is -0.120. The van der Waals surface area contributed by atoms with Crippen molar-refractivity contribution in [1.82, 2.24) is 0 Å². The second-order valence-corrected chi connectivity index (χ2v) is 8.80. The van der Waals surface area contributed by atoms with Gasteiger partial charge < -0.3 is 24.0 Å². The van der Waals surface area contributed by atoms with Crippen molar-refractivity contribution in [3.05, 3.63) is 76.9 Å². The lowest BCUT2D eigenvalue weighted by atomic mass is 9.77. The highest BCUT2D eigenvalue weighted by Crippen LogP contribution is 2.57. The number of nitrogens with zero attached hydrogens (tertiary/aromatic N) is 2. The molecule has 5 rings (SSSR count). The molecule has 0 saturated carbocycles. The number of carbonyl (C=O) groups excluding carboxylic acids is 2. The van der Waals surface area contributed by atoms with E-state index in [9.17, 15) is 9.59 Å². The molecule has 0 amide bonds. The van der Waals surface area contributed by atoms with Gasteiger partial charge in [-0.25, -0.2) is 4.79 Å². The molecule has 0 atom stereocenters. The van der Waals surface area contributed by atoms with Crippen LogP contribution in [-0.2, 0) is 15.1 Å². The summed E-state index contributed by atoms with van der Waals surface area (Å²) in [5.74, 6) is 1.18. The first-order chi connectivity index (χ1) is 17.5. The van der Waals surface area contributed by atoms with E-state index in [4.69, 9.17) is 14.2 Å². The maximum atomic E-state index is 13.2. The van der Waals surface area contributed by atoms with E-state index in [2.05, 4.69) is 37.5 Å². The number of benzene rings is 3. The molecule has 36 heavy (non-hydrogen) atoms. The summed E-state index contributed by atoms with van der Waals surface area (Å²) < 4.78 is 17.9. The largest absolute Gasteiger partial charge is 0.456 e. The predicted molar refractivity (Wildman–Crippen MR) is 139 cm³/mol. The summed E-state index contributed by atoms with van der Waals surface area (Å²) in [5, 5.41) is 0. The van der Waals surface area contributed by atoms with Crippen LogP contribution in [0.4, 0.5) is 11.4 Å². The van der Waals surface area contributed by atoms with Gasteiger partial charge >= 0.3 is 5.97 Å². The van der Waals surface area contributed by atoms with Crippen molar-refractivity contribution in [2.75, 3.05) is 36.0 Å². The summed E-state index contributed by atoms with van der Waals surface area (Å²) in [4.78, 5) is 28.7. The second kappa shape index (κ2) is 9.22. The molecular formula is C29H30N2O5. The summed E-state index contributed by atoms with van der Waals surface area (Å²) in [7, 11) is 0. The Morgan fingerprint density at radius 3 is 1.83 bits per heavy atom. The summed E-state index contributed by atoms with van der Waals surface area (Å²) in [6.45, 7) is 12.2. The Balaban J connectivity index is 1.78. The second-order valence-electron chi connectivity index (χ2n) is 8.80. The summed E-state index contributed by atoms with van der Waals surface area (Å²) in [6, 6.07) is 17.0. The molecule has 0 N–H and O–H groups in total. The molecule has 3 aromatic rings. The molecular weight excluding hydrogens is 456 g/mol. The van der Waals surface area contributed by atoms with E-state index in [0.717, 1.165) is 48.7 Å². The van der Waals surface area contributed by atoms with Crippen molar-refractivity contribution >= 4 is 23.8 Å². The fraction of sp³-hybridized carbons (Fsp3) is 0.310. The Bertz CT molecular complexity index is 1270. The van der Waals surface area contributed by atoms with Gasteiger partial charge in [-0.1, -0.05) is 0 Å². The van der Waals surface area contributed by atoms with Gasteiger partial charge in [-0.2, -0.15) is 0 Å². The quantitative estimate of drug-likeness (QED) is 0.308. The maximum Gasteiger partial charge on any atom is 0.340 e. The van der Waals surface area contributed by atoms with E-state index in [1.54, 1.807) is 18.2 Å². The van der Waals surface area contributed by atoms with Crippen LogP contribution in [0.25, 0.3) is 0 Å². The Morgan fingerprint density at radius 1 is 0.778 bits per heavy atom. The Morgan fingerprint density at radius 2 is 1.33 bits per heavy atom. The van der Waals surface area contributed by atoms with Crippen LogP contribution < -0.4 is 19.3 Å². The molecule has 0 aromatic heterocycles. The molecule has 2 aliphatic heterocycles. The van der Waals surface area contributed by atoms with Crippen molar-refractivity contribution < 1.29 is 23.8 Å². The zero-order valence-electron chi connectivity index (χ0n) is 21.0. The lowest BCUT2D eigenvalue weighted by Gasteiger charge is -2.38. The average molecular weight is 487 g/mol. The minimum atomic E-state index is -1.22. The van der Waals surface area contributed by atoms with Gasteiger partial charge in [-0.15, -0.1) is 0 Å². The van der Waals surface area contributed by atoms with Crippen molar-refractivity contribution in [1.29, 1.82) is 0 Å². The van der Waals surface area contributed by atoms with Crippen molar-refractivity contribution in [2.45, 2.75) is 33.3 Å². The van der Waals surface area contributed by atoms with E-state index in [-0.39, 0.29) is 0 Å². The molecule has 0 saturated heterocycles. The molecule has 0 unspecified atom stereocenters. The van der Waals surface area contributed by atoms with Gasteiger partial charge in [-0.3, -0.25) is 4.79 Å². The Hall–Kier alpha value is -4.00. The van der Waals surface area contributed by atoms with Gasteiger partial charge in [0.25, 0.3) is 6.47 Å². The van der Waals surface area contributed by atoms with Gasteiger partial charge in [0.05, 0.1) is 5.56 Å². The standard InChI is InChI=1S/C29H30N2O5/c1-5-30(6-2)19-9-13-23-26(15-19)35-27-16-20(31(7-3)8-4)10-14-24(27)29(23)25-17-21(34-18-32)11-12-22(25)28(33)36-29/h9-18H,5-8H2,1-4H3. The number of hydrogen-bond donors (Lipinski definition) is 0. The molecule has 0 bridgehead atoms. The van der Waals surface area contributed by atoms with Crippen molar-refractivity contribution in [3.63, 3.8) is 0 Å². The minimum absolute atomic E-state index is 0.343. The summed E-state index contributed by atoms with van der Waals surface area (Å²) in [6.07, 6.45) is 0. The van der Waals surface area contributed by atoms with Crippen molar-refractivity contribution in [2.24, 2.45) is 0 Å². The van der Waals surface area contributed by atoms with Gasteiger partial charge in [-0.05, 0) is 70.2 Å². The van der Waals surface area contributed by atoms with Crippen LogP contribution in [0.1, 0.15) is 54.7 Å². The maximum absolute atomic E-state index is 13.2. The highest BCUT2D eigenvalue weighted by atomic mass is 16.6. The molecule has 2 aliphatic rings. The van der Waals surface area contributed by atoms with Crippen molar-refractivity contribution in [3.8, 4) is 17.2 Å². The van der Waals surface area contributed by atoms with Crippen LogP contribution >= 0.6 is 0 Å². The lowest BCUT2D eigenvalue weighted by Crippen LogP contribution is -2.33. The van der Waals surface area contributed by atoms with Gasteiger partial charge in [0.15, 0.2) is 5.60 Å². The molecule has 186 valence electrons. The van der Waals surface area contributed by atoms with E-state index >= 15 is 0 Å². The first-order valence-corrected chi connectivity index (χ1v) is 12.5. The third kappa shape index (κ3) is 3.49. The number of hydrogen-bond acceptors (Lipinski definition) is 7. The zero-order valence-corrected chi connectivity index (χ0v) is 21.0. The highest BCUT2D eigenvalue weighted by Gasteiger charge is 2.54. The van der Waals surface area contributed by atoms with Crippen LogP contribution in [0, 0.1) is 0 Å². The Labute approximate surface area is 211 Å². The number of anilines is 2. The third-order valence-corrected chi connectivity index (χ3v) is 7.19. The number of rotatable bonds is 8. The minimum Gasteiger partial charge on any atom is -0.456 e. The normalized spacial score (nSPS) is 14.3. The fourth-order valence-electron chi connectivity index (χ4n) is 5.38. The smallest absolute Gasteiger partial charge is 0.340 e. The van der Waals surface area contributed by atoms with E-state index in [1.807, 2.05) is 36.4 Å². The predicted octanol–water partition coefficient (Wildman–Crippen LogP) is 5.48. The first-order valence-electron chi connectivity index (χ1n) is 12.5. The molecule has 0 radical (unpaired) electrons. The highest BCUT2D eigenvalue weighted by molar-refractivity contribution is 5.97. The Kier molecular flexibility index (Phi) is 6.08. The molecule has 1 spiro atoms. The number of carbonyl (C=O) groups is 2. The van der Waals surface area contributed by atoms with E-state index in [0.29, 0.717) is 34.8 Å². The van der Waals surface area contributed by atoms with Gasteiger partial charge in [0, 0.05) is 66.4 Å². The topological polar surface area (TPSA) is 68.3 Å². The molecule has 7 heteroatoms. The molecule has 0 fully saturated rings. The fourth-order valence-corrected chi connectivity index (χ4v) is 5.38.